The number of carbonyl (C=O) groups is 1. The van der Waals surface area contributed by atoms with Crippen molar-refractivity contribution in [1.29, 1.82) is 0 Å². The van der Waals surface area contributed by atoms with E-state index in [1.165, 1.54) is 19.2 Å². The molecule has 0 radical (unpaired) electrons. The van der Waals surface area contributed by atoms with Crippen LogP contribution in [0, 0.1) is 0 Å². The monoisotopic (exact) mass is 286 g/mol. The molecule has 1 amide bonds. The molecule has 3 N–H and O–H groups in total. The number of aliphatic hydroxyl groups is 1. The summed E-state index contributed by atoms with van der Waals surface area (Å²) in [5, 5.41) is 11.8. The first-order valence-electron chi connectivity index (χ1n) is 5.85. The molecule has 106 valence electrons. The van der Waals surface area contributed by atoms with Crippen molar-refractivity contribution in [2.24, 2.45) is 0 Å². The number of amides is 1. The SMILES string of the molecule is CNC(=O)CCNS(=O)(=O)c1cccc(C(C)O)c1. The fourth-order valence-corrected chi connectivity index (χ4v) is 2.54. The van der Waals surface area contributed by atoms with Crippen LogP contribution in [0.15, 0.2) is 29.2 Å². The summed E-state index contributed by atoms with van der Waals surface area (Å²) >= 11 is 0. The van der Waals surface area contributed by atoms with Crippen molar-refractivity contribution in [3.63, 3.8) is 0 Å². The van der Waals surface area contributed by atoms with Crippen LogP contribution in [0.3, 0.4) is 0 Å². The predicted molar refractivity (Wildman–Crippen MR) is 70.9 cm³/mol. The van der Waals surface area contributed by atoms with Crippen molar-refractivity contribution in [3.05, 3.63) is 29.8 Å². The molecule has 1 aromatic rings. The van der Waals surface area contributed by atoms with Gasteiger partial charge in [-0.25, -0.2) is 13.1 Å². The van der Waals surface area contributed by atoms with Crippen molar-refractivity contribution in [3.8, 4) is 0 Å². The summed E-state index contributed by atoms with van der Waals surface area (Å²) < 4.78 is 26.2. The lowest BCUT2D eigenvalue weighted by Gasteiger charge is -2.09. The number of hydrogen-bond donors (Lipinski definition) is 3. The van der Waals surface area contributed by atoms with Crippen molar-refractivity contribution < 1.29 is 18.3 Å². The standard InChI is InChI=1S/C12H18N2O4S/c1-9(15)10-4-3-5-11(8-10)19(17,18)14-7-6-12(16)13-2/h3-5,8-9,14-15H,6-7H2,1-2H3,(H,13,16). The fraction of sp³-hybridized carbons (Fsp3) is 0.417. The second-order valence-corrected chi connectivity index (χ2v) is 5.84. The summed E-state index contributed by atoms with van der Waals surface area (Å²) in [4.78, 5) is 11.1. The average molecular weight is 286 g/mol. The van der Waals surface area contributed by atoms with E-state index in [4.69, 9.17) is 0 Å². The van der Waals surface area contributed by atoms with E-state index < -0.39 is 16.1 Å². The molecule has 1 unspecified atom stereocenters. The van der Waals surface area contributed by atoms with Crippen LogP contribution in [0.5, 0.6) is 0 Å². The molecule has 0 fully saturated rings. The lowest BCUT2D eigenvalue weighted by atomic mass is 10.1. The van der Waals surface area contributed by atoms with Crippen LogP contribution in [0.2, 0.25) is 0 Å². The van der Waals surface area contributed by atoms with Crippen molar-refractivity contribution in [1.82, 2.24) is 10.0 Å². The minimum atomic E-state index is -3.66. The first-order chi connectivity index (χ1) is 8.86. The maximum Gasteiger partial charge on any atom is 0.240 e. The zero-order valence-electron chi connectivity index (χ0n) is 10.9. The third-order valence-electron chi connectivity index (χ3n) is 2.57. The number of aliphatic hydroxyl groups excluding tert-OH is 1. The molecule has 6 nitrogen and oxygen atoms in total. The predicted octanol–water partition coefficient (Wildman–Crippen LogP) is 0.154. The second-order valence-electron chi connectivity index (χ2n) is 4.07. The summed E-state index contributed by atoms with van der Waals surface area (Å²) in [5.41, 5.74) is 0.522. The Labute approximate surface area is 112 Å². The van der Waals surface area contributed by atoms with Gasteiger partial charge in [0.2, 0.25) is 15.9 Å². The molecular formula is C12H18N2O4S. The average Bonchev–Trinajstić information content (AvgIpc) is 2.38. The first-order valence-corrected chi connectivity index (χ1v) is 7.33. The van der Waals surface area contributed by atoms with Gasteiger partial charge in [0.25, 0.3) is 0 Å². The second kappa shape index (κ2) is 6.65. The highest BCUT2D eigenvalue weighted by molar-refractivity contribution is 7.89. The maximum absolute atomic E-state index is 12.0. The molecule has 0 aliphatic carbocycles. The molecule has 7 heteroatoms. The molecule has 0 saturated heterocycles. The molecule has 0 aromatic heterocycles. The van der Waals surface area contributed by atoms with E-state index in [2.05, 4.69) is 10.0 Å². The molecule has 1 aromatic carbocycles. The van der Waals surface area contributed by atoms with Gasteiger partial charge in [-0.3, -0.25) is 4.79 Å². The van der Waals surface area contributed by atoms with Crippen molar-refractivity contribution in [2.75, 3.05) is 13.6 Å². The van der Waals surface area contributed by atoms with Gasteiger partial charge in [-0.15, -0.1) is 0 Å². The number of rotatable bonds is 6. The minimum absolute atomic E-state index is 0.0287. The highest BCUT2D eigenvalue weighted by atomic mass is 32.2. The van der Waals surface area contributed by atoms with E-state index in [0.717, 1.165) is 0 Å². The van der Waals surface area contributed by atoms with Crippen LogP contribution in [0.25, 0.3) is 0 Å². The van der Waals surface area contributed by atoms with E-state index >= 15 is 0 Å². The maximum atomic E-state index is 12.0. The normalized spacial score (nSPS) is 13.0. The lowest BCUT2D eigenvalue weighted by molar-refractivity contribution is -0.120. The van der Waals surface area contributed by atoms with Crippen LogP contribution < -0.4 is 10.0 Å². The van der Waals surface area contributed by atoms with E-state index in [1.807, 2.05) is 0 Å². The third kappa shape index (κ3) is 4.62. The summed E-state index contributed by atoms with van der Waals surface area (Å²) in [6.45, 7) is 1.59. The van der Waals surface area contributed by atoms with Gasteiger partial charge in [0.1, 0.15) is 0 Å². The van der Waals surface area contributed by atoms with E-state index in [-0.39, 0.29) is 23.8 Å². The molecule has 0 bridgehead atoms. The van der Waals surface area contributed by atoms with Crippen LogP contribution >= 0.6 is 0 Å². The number of hydrogen-bond acceptors (Lipinski definition) is 4. The van der Waals surface area contributed by atoms with Gasteiger partial charge >= 0.3 is 0 Å². The fourth-order valence-electron chi connectivity index (χ4n) is 1.45. The summed E-state index contributed by atoms with van der Waals surface area (Å²) in [7, 11) is -2.17. The summed E-state index contributed by atoms with van der Waals surface area (Å²) in [6, 6.07) is 6.06. The van der Waals surface area contributed by atoms with Crippen LogP contribution in [0.4, 0.5) is 0 Å². The Bertz CT molecular complexity index is 540. The third-order valence-corrected chi connectivity index (χ3v) is 4.03. The van der Waals surface area contributed by atoms with Crippen LogP contribution in [-0.2, 0) is 14.8 Å². The molecule has 0 spiro atoms. The van der Waals surface area contributed by atoms with Gasteiger partial charge in [-0.1, -0.05) is 12.1 Å². The summed E-state index contributed by atoms with van der Waals surface area (Å²) in [5.74, 6) is -0.236. The molecule has 0 aliphatic heterocycles. The minimum Gasteiger partial charge on any atom is -0.389 e. The lowest BCUT2D eigenvalue weighted by Crippen LogP contribution is -2.29. The first kappa shape index (κ1) is 15.6. The van der Waals surface area contributed by atoms with Crippen LogP contribution in [0.1, 0.15) is 25.0 Å². The Morgan fingerprint density at radius 1 is 1.42 bits per heavy atom. The summed E-state index contributed by atoms with van der Waals surface area (Å²) in [6.07, 6.45) is -0.660. The Hall–Kier alpha value is -1.44. The number of carbonyl (C=O) groups excluding carboxylic acids is 1. The van der Waals surface area contributed by atoms with Gasteiger partial charge in [0.15, 0.2) is 0 Å². The van der Waals surface area contributed by atoms with Gasteiger partial charge in [0.05, 0.1) is 11.0 Å². The van der Waals surface area contributed by atoms with Gasteiger partial charge in [-0.05, 0) is 24.6 Å². The van der Waals surface area contributed by atoms with Crippen LogP contribution in [-0.4, -0.2) is 33.0 Å². The van der Waals surface area contributed by atoms with Gasteiger partial charge in [-0.2, -0.15) is 0 Å². The highest BCUT2D eigenvalue weighted by Crippen LogP contribution is 2.16. The number of sulfonamides is 1. The smallest absolute Gasteiger partial charge is 0.240 e. The van der Waals surface area contributed by atoms with E-state index in [0.29, 0.717) is 5.56 Å². The topological polar surface area (TPSA) is 95.5 Å². The molecule has 0 saturated carbocycles. The molecule has 0 heterocycles. The number of benzene rings is 1. The van der Waals surface area contributed by atoms with Gasteiger partial charge < -0.3 is 10.4 Å². The largest absolute Gasteiger partial charge is 0.389 e. The zero-order chi connectivity index (χ0) is 14.5. The molecule has 19 heavy (non-hydrogen) atoms. The Morgan fingerprint density at radius 3 is 2.68 bits per heavy atom. The van der Waals surface area contributed by atoms with E-state index in [1.54, 1.807) is 19.1 Å². The Kier molecular flexibility index (Phi) is 5.46. The van der Waals surface area contributed by atoms with Crippen molar-refractivity contribution in [2.45, 2.75) is 24.3 Å². The molecule has 1 atom stereocenters. The molecule has 1 rings (SSSR count). The highest BCUT2D eigenvalue weighted by Gasteiger charge is 2.15. The molecular weight excluding hydrogens is 268 g/mol. The Balaban J connectivity index is 2.77. The zero-order valence-corrected chi connectivity index (χ0v) is 11.7. The van der Waals surface area contributed by atoms with Crippen molar-refractivity contribution >= 4 is 15.9 Å². The quantitative estimate of drug-likeness (QED) is 0.694. The molecule has 0 aliphatic rings. The van der Waals surface area contributed by atoms with E-state index in [9.17, 15) is 18.3 Å². The number of nitrogens with one attached hydrogen (secondary N) is 2. The Morgan fingerprint density at radius 2 is 2.11 bits per heavy atom. The van der Waals surface area contributed by atoms with Gasteiger partial charge in [0, 0.05) is 20.0 Å².